The normalized spacial score (nSPS) is 21.1. The lowest BCUT2D eigenvalue weighted by molar-refractivity contribution is 0.0887. The molecule has 2 aliphatic rings. The van der Waals surface area contributed by atoms with Crippen LogP contribution in [0.1, 0.15) is 65.9 Å². The number of carbonyl (C=O) groups is 2. The Labute approximate surface area is 291 Å². The monoisotopic (exact) mass is 675 g/mol. The van der Waals surface area contributed by atoms with Crippen LogP contribution in [0.25, 0.3) is 16.6 Å². The number of piperazine rings is 1. The van der Waals surface area contributed by atoms with Gasteiger partial charge < -0.3 is 20.7 Å². The van der Waals surface area contributed by atoms with Crippen molar-refractivity contribution in [3.8, 4) is 22.8 Å². The van der Waals surface area contributed by atoms with Gasteiger partial charge in [0.1, 0.15) is 17.1 Å². The average Bonchev–Trinajstić information content (AvgIpc) is 3.55. The van der Waals surface area contributed by atoms with Crippen molar-refractivity contribution in [2.24, 2.45) is 0 Å². The highest BCUT2D eigenvalue weighted by Crippen LogP contribution is 2.29. The summed E-state index contributed by atoms with van der Waals surface area (Å²) in [6.07, 6.45) is 5.56. The molecule has 258 valence electrons. The molecule has 2 atom stereocenters. The third-order valence-corrected chi connectivity index (χ3v) is 9.44. The summed E-state index contributed by atoms with van der Waals surface area (Å²) in [5.74, 6) is -0.775. The summed E-state index contributed by atoms with van der Waals surface area (Å²) in [6.45, 7) is 7.39. The minimum absolute atomic E-state index is 0.0265. The standard InChI is InChI=1S/C39H42FN7O3/c1-25-22-46(23-26(2)42-25)24-27-9-11-28(12-10-27)29-6-5-8-34(18-29)50-39-35(19-30(40)21-41-39)37(48)43-31-13-15-32(16-14-31)44-38(49)36-20-33-7-3-4-17-47(33)45-36/h3-12,17-21,25-26,31-32,42H,13-16,22-24H2,1-2H3,(H,43,48)(H,44,49)/t25-,26+,31-,32+. The van der Waals surface area contributed by atoms with Crippen LogP contribution in [0.2, 0.25) is 0 Å². The van der Waals surface area contributed by atoms with Crippen LogP contribution in [0.15, 0.2) is 91.3 Å². The van der Waals surface area contributed by atoms with E-state index in [2.05, 4.69) is 69.0 Å². The fourth-order valence-corrected chi connectivity index (χ4v) is 7.11. The largest absolute Gasteiger partial charge is 0.438 e. The van der Waals surface area contributed by atoms with Gasteiger partial charge in [-0.25, -0.2) is 13.9 Å². The molecule has 7 rings (SSSR count). The summed E-state index contributed by atoms with van der Waals surface area (Å²) in [4.78, 5) is 32.9. The SMILES string of the molecule is C[C@@H]1CN(Cc2ccc(-c3cccc(Oc4ncc(F)cc4C(=O)N[C@H]4CC[C@@H](NC(=O)c5cc6ccccn6n5)CC4)c3)cc2)C[C@H](C)N1. The van der Waals surface area contributed by atoms with Gasteiger partial charge in [-0.05, 0) is 92.6 Å². The number of fused-ring (bicyclic) bond motifs is 1. The Morgan fingerprint density at radius 2 is 1.58 bits per heavy atom. The highest BCUT2D eigenvalue weighted by molar-refractivity contribution is 5.96. The Morgan fingerprint density at radius 1 is 0.860 bits per heavy atom. The van der Waals surface area contributed by atoms with E-state index in [1.807, 2.05) is 36.4 Å². The summed E-state index contributed by atoms with van der Waals surface area (Å²) in [6, 6.07) is 25.5. The van der Waals surface area contributed by atoms with Gasteiger partial charge >= 0.3 is 0 Å². The molecule has 1 saturated carbocycles. The van der Waals surface area contributed by atoms with Crippen molar-refractivity contribution in [1.82, 2.24) is 35.4 Å². The number of nitrogens with one attached hydrogen (secondary N) is 3. The van der Waals surface area contributed by atoms with Crippen molar-refractivity contribution in [2.75, 3.05) is 13.1 Å². The number of amides is 2. The Hall–Kier alpha value is -5.13. The van der Waals surface area contributed by atoms with Gasteiger partial charge in [0.05, 0.1) is 11.7 Å². The molecule has 2 aromatic carbocycles. The first-order valence-corrected chi connectivity index (χ1v) is 17.3. The van der Waals surface area contributed by atoms with Crippen LogP contribution < -0.4 is 20.7 Å². The Kier molecular flexibility index (Phi) is 9.86. The molecule has 1 aliphatic carbocycles. The molecule has 2 fully saturated rings. The molecule has 1 aliphatic heterocycles. The summed E-state index contributed by atoms with van der Waals surface area (Å²) >= 11 is 0. The Morgan fingerprint density at radius 3 is 2.30 bits per heavy atom. The van der Waals surface area contributed by atoms with Crippen LogP contribution in [-0.4, -0.2) is 68.6 Å². The number of pyridine rings is 2. The van der Waals surface area contributed by atoms with E-state index in [1.165, 1.54) is 5.56 Å². The Balaban J connectivity index is 0.952. The second-order valence-electron chi connectivity index (χ2n) is 13.6. The van der Waals surface area contributed by atoms with Gasteiger partial charge in [0.25, 0.3) is 11.8 Å². The molecule has 3 aromatic heterocycles. The first-order chi connectivity index (χ1) is 24.3. The zero-order valence-corrected chi connectivity index (χ0v) is 28.3. The molecule has 0 radical (unpaired) electrons. The zero-order chi connectivity index (χ0) is 34.6. The first-order valence-electron chi connectivity index (χ1n) is 17.3. The number of benzene rings is 2. The van der Waals surface area contributed by atoms with Crippen molar-refractivity contribution >= 4 is 17.3 Å². The molecule has 11 heteroatoms. The summed E-state index contributed by atoms with van der Waals surface area (Å²) in [5.41, 5.74) is 4.50. The summed E-state index contributed by atoms with van der Waals surface area (Å²) in [7, 11) is 0. The second kappa shape index (κ2) is 14.8. The minimum atomic E-state index is -0.626. The highest BCUT2D eigenvalue weighted by atomic mass is 19.1. The number of nitrogens with zero attached hydrogens (tertiary/aromatic N) is 4. The van der Waals surface area contributed by atoms with Crippen LogP contribution in [0.3, 0.4) is 0 Å². The number of aromatic nitrogens is 3. The van der Waals surface area contributed by atoms with Crippen molar-refractivity contribution < 1.29 is 18.7 Å². The molecule has 10 nitrogen and oxygen atoms in total. The molecule has 0 unspecified atom stereocenters. The van der Waals surface area contributed by atoms with Gasteiger partial charge in [0, 0.05) is 50.0 Å². The average molecular weight is 676 g/mol. The molecular weight excluding hydrogens is 633 g/mol. The van der Waals surface area contributed by atoms with E-state index in [0.29, 0.717) is 49.2 Å². The van der Waals surface area contributed by atoms with E-state index in [1.54, 1.807) is 22.8 Å². The van der Waals surface area contributed by atoms with Gasteiger partial charge in [0.2, 0.25) is 5.88 Å². The molecule has 1 saturated heterocycles. The number of hydrogen-bond donors (Lipinski definition) is 3. The van der Waals surface area contributed by atoms with Crippen LogP contribution in [0.4, 0.5) is 4.39 Å². The van der Waals surface area contributed by atoms with Crippen molar-refractivity contribution in [2.45, 2.75) is 70.2 Å². The molecule has 4 heterocycles. The summed E-state index contributed by atoms with van der Waals surface area (Å²) in [5, 5.41) is 14.0. The van der Waals surface area contributed by atoms with Crippen LogP contribution in [0.5, 0.6) is 11.6 Å². The van der Waals surface area contributed by atoms with Gasteiger partial charge in [0.15, 0.2) is 5.69 Å². The van der Waals surface area contributed by atoms with Gasteiger partial charge in [-0.15, -0.1) is 0 Å². The van der Waals surface area contributed by atoms with E-state index in [9.17, 15) is 14.0 Å². The molecule has 5 aromatic rings. The van der Waals surface area contributed by atoms with E-state index in [4.69, 9.17) is 4.74 Å². The lowest BCUT2D eigenvalue weighted by atomic mass is 9.91. The van der Waals surface area contributed by atoms with E-state index < -0.39 is 11.7 Å². The van der Waals surface area contributed by atoms with E-state index in [-0.39, 0.29) is 29.4 Å². The third kappa shape index (κ3) is 8.01. The third-order valence-electron chi connectivity index (χ3n) is 9.44. The fourth-order valence-electron chi connectivity index (χ4n) is 7.11. The maximum absolute atomic E-state index is 14.4. The van der Waals surface area contributed by atoms with Crippen molar-refractivity contribution in [3.05, 3.63) is 114 Å². The lowest BCUT2D eigenvalue weighted by Crippen LogP contribution is -2.53. The smallest absolute Gasteiger partial charge is 0.272 e. The van der Waals surface area contributed by atoms with Crippen molar-refractivity contribution in [1.29, 1.82) is 0 Å². The number of ether oxygens (including phenoxy) is 1. The number of hydrogen-bond acceptors (Lipinski definition) is 7. The van der Waals surface area contributed by atoms with Crippen molar-refractivity contribution in [3.63, 3.8) is 0 Å². The molecule has 0 spiro atoms. The molecule has 0 bridgehead atoms. The molecular formula is C39H42FN7O3. The van der Waals surface area contributed by atoms with Gasteiger partial charge in [-0.1, -0.05) is 42.5 Å². The maximum Gasteiger partial charge on any atom is 0.272 e. The van der Waals surface area contributed by atoms with E-state index in [0.717, 1.165) is 48.5 Å². The number of halogens is 1. The minimum Gasteiger partial charge on any atom is -0.438 e. The maximum atomic E-state index is 14.4. The molecule has 2 amide bonds. The lowest BCUT2D eigenvalue weighted by Gasteiger charge is -2.36. The number of rotatable bonds is 9. The number of carbonyl (C=O) groups excluding carboxylic acids is 2. The zero-order valence-electron chi connectivity index (χ0n) is 28.3. The predicted octanol–water partition coefficient (Wildman–Crippen LogP) is 5.98. The topological polar surface area (TPSA) is 113 Å². The quantitative estimate of drug-likeness (QED) is 0.176. The van der Waals surface area contributed by atoms with Crippen LogP contribution in [-0.2, 0) is 6.54 Å². The summed E-state index contributed by atoms with van der Waals surface area (Å²) < 4.78 is 22.1. The second-order valence-corrected chi connectivity index (χ2v) is 13.6. The predicted molar refractivity (Wildman–Crippen MR) is 190 cm³/mol. The highest BCUT2D eigenvalue weighted by Gasteiger charge is 2.27. The molecule has 50 heavy (non-hydrogen) atoms. The first kappa shape index (κ1) is 33.4. The van der Waals surface area contributed by atoms with Gasteiger partial charge in [-0.3, -0.25) is 14.5 Å². The fraction of sp³-hybridized carbons (Fsp3) is 0.333. The molecule has 3 N–H and O–H groups in total. The van der Waals surface area contributed by atoms with Crippen LogP contribution >= 0.6 is 0 Å². The van der Waals surface area contributed by atoms with Crippen LogP contribution in [0, 0.1) is 5.82 Å². The Bertz CT molecular complexity index is 1930. The van der Waals surface area contributed by atoms with Gasteiger partial charge in [-0.2, -0.15) is 5.10 Å². The van der Waals surface area contributed by atoms with E-state index >= 15 is 0 Å².